The summed E-state index contributed by atoms with van der Waals surface area (Å²) in [5, 5.41) is 2.51. The summed E-state index contributed by atoms with van der Waals surface area (Å²) in [5.74, 6) is 0. The van der Waals surface area contributed by atoms with Crippen molar-refractivity contribution in [2.45, 2.75) is 0 Å². The minimum atomic E-state index is 1.17. The highest BCUT2D eigenvalue weighted by Crippen LogP contribution is 2.36. The standard InChI is InChI=1S/C29H23N/c1-30(29-18-10-16-24-15-8-9-17-28(24)29)27-20-25(22-11-4-2-5-12-22)19-26(21-27)23-13-6-3-7-14-23/h2-21H,1H3. The van der Waals surface area contributed by atoms with Gasteiger partial charge in [-0.2, -0.15) is 0 Å². The first-order valence-corrected chi connectivity index (χ1v) is 10.3. The van der Waals surface area contributed by atoms with Gasteiger partial charge in [-0.05, 0) is 51.9 Å². The van der Waals surface area contributed by atoms with Crippen LogP contribution in [0.4, 0.5) is 11.4 Å². The molecule has 0 bridgehead atoms. The van der Waals surface area contributed by atoms with Crippen LogP contribution in [0.5, 0.6) is 0 Å². The van der Waals surface area contributed by atoms with Crippen molar-refractivity contribution in [3.63, 3.8) is 0 Å². The minimum Gasteiger partial charge on any atom is -0.344 e. The summed E-state index contributed by atoms with van der Waals surface area (Å²) < 4.78 is 0. The Balaban J connectivity index is 1.69. The van der Waals surface area contributed by atoms with Crippen LogP contribution in [0.25, 0.3) is 33.0 Å². The van der Waals surface area contributed by atoms with Gasteiger partial charge in [0, 0.05) is 23.8 Å². The van der Waals surface area contributed by atoms with Gasteiger partial charge < -0.3 is 4.90 Å². The Morgan fingerprint density at radius 3 is 1.63 bits per heavy atom. The van der Waals surface area contributed by atoms with Crippen molar-refractivity contribution in [1.29, 1.82) is 0 Å². The van der Waals surface area contributed by atoms with Crippen molar-refractivity contribution in [2.75, 3.05) is 11.9 Å². The summed E-state index contributed by atoms with van der Waals surface area (Å²) in [6.07, 6.45) is 0. The fraction of sp³-hybridized carbons (Fsp3) is 0.0345. The number of benzene rings is 5. The maximum atomic E-state index is 2.29. The molecule has 0 N–H and O–H groups in total. The Morgan fingerprint density at radius 1 is 0.467 bits per heavy atom. The molecular formula is C29H23N. The van der Waals surface area contributed by atoms with E-state index in [1.165, 1.54) is 44.4 Å². The first-order chi connectivity index (χ1) is 14.8. The van der Waals surface area contributed by atoms with Crippen LogP contribution in [0, 0.1) is 0 Å². The third-order valence-corrected chi connectivity index (χ3v) is 5.65. The first kappa shape index (κ1) is 18.2. The molecular weight excluding hydrogens is 362 g/mol. The lowest BCUT2D eigenvalue weighted by Gasteiger charge is -2.23. The molecule has 5 aromatic carbocycles. The van der Waals surface area contributed by atoms with Gasteiger partial charge in [-0.3, -0.25) is 0 Å². The van der Waals surface area contributed by atoms with Crippen LogP contribution in [-0.4, -0.2) is 7.05 Å². The third-order valence-electron chi connectivity index (χ3n) is 5.65. The van der Waals surface area contributed by atoms with Gasteiger partial charge >= 0.3 is 0 Å². The van der Waals surface area contributed by atoms with Gasteiger partial charge in [0.1, 0.15) is 0 Å². The molecule has 1 heteroatoms. The molecule has 0 amide bonds. The molecule has 0 aliphatic carbocycles. The summed E-state index contributed by atoms with van der Waals surface area (Å²) in [6, 6.07) is 43.1. The summed E-state index contributed by atoms with van der Waals surface area (Å²) >= 11 is 0. The van der Waals surface area contributed by atoms with Crippen molar-refractivity contribution in [3.05, 3.63) is 121 Å². The van der Waals surface area contributed by atoms with Crippen LogP contribution in [0.2, 0.25) is 0 Å². The minimum absolute atomic E-state index is 1.17. The lowest BCUT2D eigenvalue weighted by molar-refractivity contribution is 1.22. The molecule has 0 spiro atoms. The van der Waals surface area contributed by atoms with Crippen LogP contribution in [0.3, 0.4) is 0 Å². The largest absolute Gasteiger partial charge is 0.344 e. The van der Waals surface area contributed by atoms with E-state index in [2.05, 4.69) is 133 Å². The van der Waals surface area contributed by atoms with Crippen LogP contribution >= 0.6 is 0 Å². The predicted molar refractivity (Wildman–Crippen MR) is 129 cm³/mol. The van der Waals surface area contributed by atoms with Crippen LogP contribution < -0.4 is 4.90 Å². The van der Waals surface area contributed by atoms with E-state index >= 15 is 0 Å². The van der Waals surface area contributed by atoms with Gasteiger partial charge in [-0.25, -0.2) is 0 Å². The molecule has 0 unspecified atom stereocenters. The molecule has 5 rings (SSSR count). The average molecular weight is 386 g/mol. The Bertz CT molecular complexity index is 1230. The van der Waals surface area contributed by atoms with Crippen LogP contribution in [0.15, 0.2) is 121 Å². The van der Waals surface area contributed by atoms with E-state index < -0.39 is 0 Å². The number of rotatable bonds is 4. The molecule has 0 saturated carbocycles. The highest BCUT2D eigenvalue weighted by Gasteiger charge is 2.12. The molecule has 0 saturated heterocycles. The Hall–Kier alpha value is -3.84. The SMILES string of the molecule is CN(c1cc(-c2ccccc2)cc(-c2ccccc2)c1)c1cccc2ccccc12. The molecule has 0 fully saturated rings. The van der Waals surface area contributed by atoms with Crippen molar-refractivity contribution >= 4 is 22.1 Å². The quantitative estimate of drug-likeness (QED) is 0.303. The van der Waals surface area contributed by atoms with Crippen LogP contribution in [-0.2, 0) is 0 Å². The molecule has 5 aromatic rings. The zero-order valence-corrected chi connectivity index (χ0v) is 17.0. The lowest BCUT2D eigenvalue weighted by atomic mass is 9.97. The van der Waals surface area contributed by atoms with Crippen molar-refractivity contribution < 1.29 is 0 Å². The number of nitrogens with zero attached hydrogens (tertiary/aromatic N) is 1. The van der Waals surface area contributed by atoms with E-state index in [9.17, 15) is 0 Å². The van der Waals surface area contributed by atoms with Gasteiger partial charge in [0.25, 0.3) is 0 Å². The topological polar surface area (TPSA) is 3.24 Å². The van der Waals surface area contributed by atoms with Crippen molar-refractivity contribution in [2.24, 2.45) is 0 Å². The highest BCUT2D eigenvalue weighted by molar-refractivity contribution is 5.96. The fourth-order valence-electron chi connectivity index (χ4n) is 4.04. The summed E-state index contributed by atoms with van der Waals surface area (Å²) in [4.78, 5) is 2.29. The smallest absolute Gasteiger partial charge is 0.0487 e. The predicted octanol–water partition coefficient (Wildman–Crippen LogP) is 7.94. The summed E-state index contributed by atoms with van der Waals surface area (Å²) in [6.45, 7) is 0. The number of hydrogen-bond acceptors (Lipinski definition) is 1. The molecule has 0 aliphatic heterocycles. The van der Waals surface area contributed by atoms with E-state index in [-0.39, 0.29) is 0 Å². The summed E-state index contributed by atoms with van der Waals surface area (Å²) in [7, 11) is 2.15. The molecule has 0 aromatic heterocycles. The van der Waals surface area contributed by atoms with Crippen LogP contribution in [0.1, 0.15) is 0 Å². The second-order valence-electron chi connectivity index (χ2n) is 7.56. The molecule has 0 heterocycles. The van der Waals surface area contributed by atoms with Crippen molar-refractivity contribution in [3.8, 4) is 22.3 Å². The Morgan fingerprint density at radius 2 is 1.00 bits per heavy atom. The maximum absolute atomic E-state index is 2.29. The van der Waals surface area contributed by atoms with Gasteiger partial charge in [0.2, 0.25) is 0 Å². The molecule has 0 aliphatic rings. The average Bonchev–Trinajstić information content (AvgIpc) is 2.84. The Kier molecular flexibility index (Phi) is 4.78. The second kappa shape index (κ2) is 7.88. The van der Waals surface area contributed by atoms with E-state index in [0.717, 1.165) is 0 Å². The first-order valence-electron chi connectivity index (χ1n) is 10.3. The van der Waals surface area contributed by atoms with Gasteiger partial charge in [0.15, 0.2) is 0 Å². The molecule has 1 nitrogen and oxygen atoms in total. The zero-order valence-electron chi connectivity index (χ0n) is 17.0. The van der Waals surface area contributed by atoms with Gasteiger partial charge in [0.05, 0.1) is 0 Å². The van der Waals surface area contributed by atoms with Gasteiger partial charge in [-0.1, -0.05) is 97.1 Å². The van der Waals surface area contributed by atoms with Gasteiger partial charge in [-0.15, -0.1) is 0 Å². The third kappa shape index (κ3) is 3.46. The molecule has 144 valence electrons. The Labute approximate surface area is 177 Å². The maximum Gasteiger partial charge on any atom is 0.0487 e. The molecule has 30 heavy (non-hydrogen) atoms. The number of fused-ring (bicyclic) bond motifs is 1. The number of anilines is 2. The fourth-order valence-corrected chi connectivity index (χ4v) is 4.04. The molecule has 0 radical (unpaired) electrons. The number of hydrogen-bond donors (Lipinski definition) is 0. The van der Waals surface area contributed by atoms with E-state index in [4.69, 9.17) is 0 Å². The zero-order chi connectivity index (χ0) is 20.3. The second-order valence-corrected chi connectivity index (χ2v) is 7.56. The summed E-state index contributed by atoms with van der Waals surface area (Å²) in [5.41, 5.74) is 7.27. The monoisotopic (exact) mass is 385 g/mol. The van der Waals surface area contributed by atoms with E-state index in [1.807, 2.05) is 0 Å². The lowest BCUT2D eigenvalue weighted by Crippen LogP contribution is -2.10. The van der Waals surface area contributed by atoms with Crippen molar-refractivity contribution in [1.82, 2.24) is 0 Å². The van der Waals surface area contributed by atoms with E-state index in [0.29, 0.717) is 0 Å². The highest BCUT2D eigenvalue weighted by atomic mass is 15.1. The van der Waals surface area contributed by atoms with E-state index in [1.54, 1.807) is 0 Å². The molecule has 0 atom stereocenters. The normalized spacial score (nSPS) is 10.8.